The minimum absolute atomic E-state index is 0. The Hall–Kier alpha value is -1.76. The van der Waals surface area contributed by atoms with Gasteiger partial charge in [-0.15, -0.1) is 24.0 Å². The van der Waals surface area contributed by atoms with E-state index in [0.29, 0.717) is 25.6 Å². The number of primary sulfonamides is 1. The van der Waals surface area contributed by atoms with Crippen molar-refractivity contribution in [3.05, 3.63) is 65.5 Å². The molecular formula is C20H26FIN4O3S. The molecule has 1 aliphatic rings. The van der Waals surface area contributed by atoms with Crippen LogP contribution in [0.5, 0.6) is 0 Å². The van der Waals surface area contributed by atoms with E-state index in [1.165, 1.54) is 18.2 Å². The predicted molar refractivity (Wildman–Crippen MR) is 125 cm³/mol. The normalized spacial score (nSPS) is 19.9. The van der Waals surface area contributed by atoms with Crippen molar-refractivity contribution in [3.8, 4) is 0 Å². The zero-order valence-electron chi connectivity index (χ0n) is 16.8. The first kappa shape index (κ1) is 24.5. The van der Waals surface area contributed by atoms with E-state index < -0.39 is 10.0 Å². The number of sulfonamides is 1. The van der Waals surface area contributed by atoms with E-state index in [4.69, 9.17) is 9.88 Å². The Kier molecular flexibility index (Phi) is 8.59. The van der Waals surface area contributed by atoms with Crippen molar-refractivity contribution < 1.29 is 17.5 Å². The second kappa shape index (κ2) is 10.5. The fourth-order valence-corrected chi connectivity index (χ4v) is 3.92. The van der Waals surface area contributed by atoms with Gasteiger partial charge in [0, 0.05) is 20.1 Å². The molecular weight excluding hydrogens is 522 g/mol. The van der Waals surface area contributed by atoms with E-state index in [1.54, 1.807) is 31.3 Å². The Morgan fingerprint density at radius 3 is 2.60 bits per heavy atom. The molecule has 3 rings (SSSR count). The summed E-state index contributed by atoms with van der Waals surface area (Å²) in [4.78, 5) is 6.50. The number of halogens is 2. The molecule has 0 amide bonds. The lowest BCUT2D eigenvalue weighted by Gasteiger charge is -2.38. The maximum Gasteiger partial charge on any atom is 0.238 e. The van der Waals surface area contributed by atoms with Gasteiger partial charge in [-0.2, -0.15) is 0 Å². The molecule has 1 saturated heterocycles. The molecule has 0 bridgehead atoms. The molecule has 2 atom stereocenters. The quantitative estimate of drug-likeness (QED) is 0.348. The van der Waals surface area contributed by atoms with E-state index in [2.05, 4.69) is 15.2 Å². The maximum atomic E-state index is 13.2. The molecule has 1 heterocycles. The number of hydrogen-bond acceptors (Lipinski definition) is 4. The Bertz CT molecular complexity index is 986. The number of aliphatic imine (C=N–C) groups is 1. The summed E-state index contributed by atoms with van der Waals surface area (Å²) < 4.78 is 42.3. The second-order valence-corrected chi connectivity index (χ2v) is 8.55. The van der Waals surface area contributed by atoms with Crippen molar-refractivity contribution in [2.24, 2.45) is 10.1 Å². The smallest absolute Gasteiger partial charge is 0.238 e. The van der Waals surface area contributed by atoms with Crippen LogP contribution in [0.2, 0.25) is 0 Å². The van der Waals surface area contributed by atoms with Crippen molar-refractivity contribution in [2.75, 3.05) is 20.1 Å². The summed E-state index contributed by atoms with van der Waals surface area (Å²) in [6.45, 7) is 3.58. The van der Waals surface area contributed by atoms with Gasteiger partial charge in [0.1, 0.15) is 11.9 Å². The van der Waals surface area contributed by atoms with Gasteiger partial charge in [-0.1, -0.05) is 24.3 Å². The van der Waals surface area contributed by atoms with Crippen molar-refractivity contribution >= 4 is 40.0 Å². The monoisotopic (exact) mass is 548 g/mol. The van der Waals surface area contributed by atoms with Crippen molar-refractivity contribution in [3.63, 3.8) is 0 Å². The number of guanidine groups is 1. The maximum absolute atomic E-state index is 13.2. The number of ether oxygens (including phenoxy) is 1. The average molecular weight is 548 g/mol. The van der Waals surface area contributed by atoms with Crippen molar-refractivity contribution in [1.29, 1.82) is 0 Å². The van der Waals surface area contributed by atoms with E-state index in [-0.39, 0.29) is 46.9 Å². The molecule has 1 fully saturated rings. The van der Waals surface area contributed by atoms with Crippen LogP contribution >= 0.6 is 24.0 Å². The lowest BCUT2D eigenvalue weighted by atomic mass is 10.1. The lowest BCUT2D eigenvalue weighted by Crippen LogP contribution is -2.50. The summed E-state index contributed by atoms with van der Waals surface area (Å²) >= 11 is 0. The Labute approximate surface area is 193 Å². The van der Waals surface area contributed by atoms with E-state index >= 15 is 0 Å². The van der Waals surface area contributed by atoms with Gasteiger partial charge in [0.25, 0.3) is 0 Å². The van der Waals surface area contributed by atoms with E-state index in [0.717, 1.165) is 11.1 Å². The van der Waals surface area contributed by atoms with Crippen LogP contribution in [0.15, 0.2) is 58.4 Å². The highest BCUT2D eigenvalue weighted by Crippen LogP contribution is 2.25. The number of morpholine rings is 1. The first-order chi connectivity index (χ1) is 13.8. The fourth-order valence-electron chi connectivity index (χ4n) is 3.33. The number of nitrogens with one attached hydrogen (secondary N) is 1. The standard InChI is InChI=1S/C20H25FN4O3S.HI/c1-14-12-25(13-19(28-14)16-6-8-17(21)9-7-16)20(23-2)24-11-15-4-3-5-18(10-15)29(22,26)27;/h3-10,14,19H,11-13H2,1-2H3,(H,23,24)(H2,22,26,27);1H. The van der Waals surface area contributed by atoms with Gasteiger partial charge in [-0.25, -0.2) is 17.9 Å². The van der Waals surface area contributed by atoms with Gasteiger partial charge in [-0.05, 0) is 42.3 Å². The summed E-state index contributed by atoms with van der Waals surface area (Å²) in [6.07, 6.45) is -0.244. The molecule has 164 valence electrons. The third kappa shape index (κ3) is 6.37. The summed E-state index contributed by atoms with van der Waals surface area (Å²) in [7, 11) is -2.06. The molecule has 0 spiro atoms. The van der Waals surface area contributed by atoms with Crippen LogP contribution in [0.3, 0.4) is 0 Å². The molecule has 1 aliphatic heterocycles. The summed E-state index contributed by atoms with van der Waals surface area (Å²) in [5.41, 5.74) is 1.67. The summed E-state index contributed by atoms with van der Waals surface area (Å²) in [5, 5.41) is 8.46. The van der Waals surface area contributed by atoms with Crippen LogP contribution in [0, 0.1) is 5.82 Å². The average Bonchev–Trinajstić information content (AvgIpc) is 2.68. The molecule has 3 N–H and O–H groups in total. The highest BCUT2D eigenvalue weighted by atomic mass is 127. The van der Waals surface area contributed by atoms with Gasteiger partial charge in [0.05, 0.1) is 17.5 Å². The molecule has 0 aromatic heterocycles. The first-order valence-electron chi connectivity index (χ1n) is 9.24. The van der Waals surface area contributed by atoms with Crippen LogP contribution in [0.25, 0.3) is 0 Å². The predicted octanol–water partition coefficient (Wildman–Crippen LogP) is 2.63. The lowest BCUT2D eigenvalue weighted by molar-refractivity contribution is -0.0605. The molecule has 0 aliphatic carbocycles. The minimum Gasteiger partial charge on any atom is -0.367 e. The molecule has 2 aromatic carbocycles. The SMILES string of the molecule is CN=C(NCc1cccc(S(N)(=O)=O)c1)N1CC(C)OC(c2ccc(F)cc2)C1.I. The number of nitrogens with two attached hydrogens (primary N) is 1. The second-order valence-electron chi connectivity index (χ2n) is 6.99. The molecule has 2 unspecified atom stereocenters. The number of benzene rings is 2. The van der Waals surface area contributed by atoms with Gasteiger partial charge < -0.3 is 15.0 Å². The zero-order chi connectivity index (χ0) is 21.0. The number of hydrogen-bond donors (Lipinski definition) is 2. The molecule has 2 aromatic rings. The molecule has 0 radical (unpaired) electrons. The van der Waals surface area contributed by atoms with Crippen LogP contribution in [0.1, 0.15) is 24.2 Å². The van der Waals surface area contributed by atoms with Crippen LogP contribution < -0.4 is 10.5 Å². The number of nitrogens with zero attached hydrogens (tertiary/aromatic N) is 2. The summed E-state index contributed by atoms with van der Waals surface area (Å²) in [6, 6.07) is 12.8. The van der Waals surface area contributed by atoms with Crippen LogP contribution in [0.4, 0.5) is 4.39 Å². The fraction of sp³-hybridized carbons (Fsp3) is 0.350. The van der Waals surface area contributed by atoms with Crippen molar-refractivity contribution in [2.45, 2.75) is 30.6 Å². The topological polar surface area (TPSA) is 97.0 Å². The first-order valence-corrected chi connectivity index (χ1v) is 10.8. The Morgan fingerprint density at radius 2 is 1.97 bits per heavy atom. The number of rotatable bonds is 4. The summed E-state index contributed by atoms with van der Waals surface area (Å²) in [5.74, 6) is 0.391. The molecule has 0 saturated carbocycles. The molecule has 30 heavy (non-hydrogen) atoms. The molecule has 10 heteroatoms. The van der Waals surface area contributed by atoms with Gasteiger partial charge in [0.15, 0.2) is 5.96 Å². The van der Waals surface area contributed by atoms with E-state index in [9.17, 15) is 12.8 Å². The van der Waals surface area contributed by atoms with E-state index in [1.807, 2.05) is 13.0 Å². The van der Waals surface area contributed by atoms with Crippen LogP contribution in [-0.4, -0.2) is 45.5 Å². The Balaban J connectivity index is 0.00000320. The van der Waals surface area contributed by atoms with Crippen molar-refractivity contribution in [1.82, 2.24) is 10.2 Å². The highest BCUT2D eigenvalue weighted by molar-refractivity contribution is 14.0. The van der Waals surface area contributed by atoms with Gasteiger partial charge >= 0.3 is 0 Å². The zero-order valence-corrected chi connectivity index (χ0v) is 19.9. The third-order valence-electron chi connectivity index (χ3n) is 4.69. The molecule has 7 nitrogen and oxygen atoms in total. The minimum atomic E-state index is -3.75. The largest absolute Gasteiger partial charge is 0.367 e. The highest BCUT2D eigenvalue weighted by Gasteiger charge is 2.28. The Morgan fingerprint density at radius 1 is 1.27 bits per heavy atom. The van der Waals surface area contributed by atoms with Gasteiger partial charge in [0.2, 0.25) is 10.0 Å². The third-order valence-corrected chi connectivity index (χ3v) is 5.60. The van der Waals surface area contributed by atoms with Crippen LogP contribution in [-0.2, 0) is 21.3 Å². The van der Waals surface area contributed by atoms with Gasteiger partial charge in [-0.3, -0.25) is 4.99 Å².